The molecule has 130 valence electrons. The van der Waals surface area contributed by atoms with E-state index in [0.717, 1.165) is 5.56 Å². The van der Waals surface area contributed by atoms with Gasteiger partial charge in [0, 0.05) is 0 Å². The van der Waals surface area contributed by atoms with Crippen molar-refractivity contribution in [1.29, 1.82) is 0 Å². The molecule has 0 saturated carbocycles. The predicted molar refractivity (Wildman–Crippen MR) is 84.8 cm³/mol. The molecule has 1 saturated heterocycles. The van der Waals surface area contributed by atoms with Crippen LogP contribution in [0.25, 0.3) is 0 Å². The van der Waals surface area contributed by atoms with Crippen LogP contribution in [0.5, 0.6) is 0 Å². The highest BCUT2D eigenvalue weighted by Crippen LogP contribution is 2.23. The topological polar surface area (TPSA) is 83.1 Å². The quantitative estimate of drug-likeness (QED) is 0.655. The summed E-state index contributed by atoms with van der Waals surface area (Å²) in [4.78, 5) is 23.7. The Kier molecular flexibility index (Phi) is 5.94. The Morgan fingerprint density at radius 1 is 1.33 bits per heavy atom. The molecule has 0 radical (unpaired) electrons. The molecule has 1 N–H and O–H groups in total. The maximum Gasteiger partial charge on any atom is 0.412 e. The molecular weight excluding hydrogens is 314 g/mol. The Labute approximate surface area is 140 Å². The SMILES string of the molecule is COC(=O)/C(=C\[C@@H]1COC(C)(C)O1)NC(=O)OCc1ccccc1. The van der Waals surface area contributed by atoms with Gasteiger partial charge in [-0.05, 0) is 25.5 Å². The molecule has 1 aliphatic rings. The number of alkyl carbamates (subject to hydrolysis) is 1. The molecule has 1 aliphatic heterocycles. The van der Waals surface area contributed by atoms with Gasteiger partial charge in [0.1, 0.15) is 18.4 Å². The molecule has 1 atom stereocenters. The van der Waals surface area contributed by atoms with Gasteiger partial charge in [0.25, 0.3) is 0 Å². The summed E-state index contributed by atoms with van der Waals surface area (Å²) in [7, 11) is 1.23. The van der Waals surface area contributed by atoms with Gasteiger partial charge in [-0.15, -0.1) is 0 Å². The summed E-state index contributed by atoms with van der Waals surface area (Å²) in [6.45, 7) is 3.89. The number of ether oxygens (including phenoxy) is 4. The second kappa shape index (κ2) is 7.94. The zero-order chi connectivity index (χ0) is 17.6. The molecule has 1 aromatic carbocycles. The average Bonchev–Trinajstić information content (AvgIpc) is 2.91. The van der Waals surface area contributed by atoms with E-state index < -0.39 is 24.0 Å². The van der Waals surface area contributed by atoms with Gasteiger partial charge in [-0.3, -0.25) is 5.32 Å². The van der Waals surface area contributed by atoms with E-state index >= 15 is 0 Å². The summed E-state index contributed by atoms with van der Waals surface area (Å²) >= 11 is 0. The summed E-state index contributed by atoms with van der Waals surface area (Å²) < 4.78 is 20.8. The van der Waals surface area contributed by atoms with Crippen LogP contribution in [-0.4, -0.2) is 37.7 Å². The lowest BCUT2D eigenvalue weighted by Gasteiger charge is -2.16. The number of nitrogens with one attached hydrogen (secondary N) is 1. The first-order chi connectivity index (χ1) is 11.4. The van der Waals surface area contributed by atoms with Crippen LogP contribution in [0.3, 0.4) is 0 Å². The Morgan fingerprint density at radius 3 is 2.62 bits per heavy atom. The van der Waals surface area contributed by atoms with Gasteiger partial charge < -0.3 is 18.9 Å². The third-order valence-electron chi connectivity index (χ3n) is 3.24. The van der Waals surface area contributed by atoms with Crippen LogP contribution < -0.4 is 5.32 Å². The normalized spacial score (nSPS) is 19.6. The lowest BCUT2D eigenvalue weighted by molar-refractivity contribution is -0.138. The van der Waals surface area contributed by atoms with Crippen LogP contribution in [0.15, 0.2) is 42.1 Å². The fourth-order valence-electron chi connectivity index (χ4n) is 2.12. The van der Waals surface area contributed by atoms with Crippen molar-refractivity contribution >= 4 is 12.1 Å². The van der Waals surface area contributed by atoms with Crippen molar-refractivity contribution in [1.82, 2.24) is 5.32 Å². The Hall–Kier alpha value is -2.38. The van der Waals surface area contributed by atoms with E-state index in [1.165, 1.54) is 13.2 Å². The van der Waals surface area contributed by atoms with Crippen molar-refractivity contribution in [2.24, 2.45) is 0 Å². The fraction of sp³-hybridized carbons (Fsp3) is 0.412. The first-order valence-corrected chi connectivity index (χ1v) is 7.49. The largest absolute Gasteiger partial charge is 0.464 e. The minimum absolute atomic E-state index is 0.0538. The Bertz CT molecular complexity index is 611. The molecule has 2 rings (SSSR count). The number of carbonyl (C=O) groups is 2. The first-order valence-electron chi connectivity index (χ1n) is 7.49. The zero-order valence-electron chi connectivity index (χ0n) is 13.9. The van der Waals surface area contributed by atoms with E-state index in [1.807, 2.05) is 30.3 Å². The smallest absolute Gasteiger partial charge is 0.412 e. The highest BCUT2D eigenvalue weighted by atomic mass is 16.7. The molecule has 7 nitrogen and oxygen atoms in total. The summed E-state index contributed by atoms with van der Waals surface area (Å²) in [5.74, 6) is -1.43. The minimum atomic E-state index is -0.756. The summed E-state index contributed by atoms with van der Waals surface area (Å²) in [5, 5.41) is 2.38. The number of benzene rings is 1. The van der Waals surface area contributed by atoms with Crippen LogP contribution in [0, 0.1) is 0 Å². The van der Waals surface area contributed by atoms with Gasteiger partial charge in [-0.25, -0.2) is 9.59 Å². The second-order valence-corrected chi connectivity index (χ2v) is 5.63. The monoisotopic (exact) mass is 335 g/mol. The van der Waals surface area contributed by atoms with Crippen LogP contribution >= 0.6 is 0 Å². The van der Waals surface area contributed by atoms with Gasteiger partial charge >= 0.3 is 12.1 Å². The molecule has 0 spiro atoms. The van der Waals surface area contributed by atoms with Crippen LogP contribution in [-0.2, 0) is 30.3 Å². The molecule has 7 heteroatoms. The number of carbonyl (C=O) groups excluding carboxylic acids is 2. The van der Waals surface area contributed by atoms with E-state index in [-0.39, 0.29) is 18.9 Å². The van der Waals surface area contributed by atoms with Gasteiger partial charge in [0.05, 0.1) is 13.7 Å². The highest BCUT2D eigenvalue weighted by molar-refractivity contribution is 5.92. The van der Waals surface area contributed by atoms with E-state index in [1.54, 1.807) is 13.8 Å². The van der Waals surface area contributed by atoms with Crippen molar-refractivity contribution < 1.29 is 28.5 Å². The Morgan fingerprint density at radius 2 is 2.04 bits per heavy atom. The van der Waals surface area contributed by atoms with Gasteiger partial charge in [0.15, 0.2) is 5.79 Å². The molecule has 0 aliphatic carbocycles. The van der Waals surface area contributed by atoms with Gasteiger partial charge in [-0.1, -0.05) is 30.3 Å². The number of rotatable bonds is 5. The number of amides is 1. The molecule has 0 unspecified atom stereocenters. The van der Waals surface area contributed by atoms with Crippen molar-refractivity contribution in [3.05, 3.63) is 47.7 Å². The van der Waals surface area contributed by atoms with E-state index in [4.69, 9.17) is 14.2 Å². The summed E-state index contributed by atoms with van der Waals surface area (Å²) in [6, 6.07) is 9.21. The van der Waals surface area contributed by atoms with Crippen LogP contribution in [0.2, 0.25) is 0 Å². The minimum Gasteiger partial charge on any atom is -0.464 e. The maximum absolute atomic E-state index is 11.9. The van der Waals surface area contributed by atoms with Gasteiger partial charge in [-0.2, -0.15) is 0 Å². The average molecular weight is 335 g/mol. The molecular formula is C17H21NO6. The molecule has 0 aromatic heterocycles. The fourth-order valence-corrected chi connectivity index (χ4v) is 2.12. The first kappa shape index (κ1) is 18.0. The molecule has 24 heavy (non-hydrogen) atoms. The second-order valence-electron chi connectivity index (χ2n) is 5.63. The van der Waals surface area contributed by atoms with Gasteiger partial charge in [0.2, 0.25) is 0 Å². The van der Waals surface area contributed by atoms with Crippen LogP contribution in [0.4, 0.5) is 4.79 Å². The molecule has 1 heterocycles. The number of esters is 1. The molecule has 0 bridgehead atoms. The predicted octanol–water partition coefficient (Wildman–Crippen LogP) is 2.12. The standard InChI is InChI=1S/C17H21NO6/c1-17(2)23-11-13(24-17)9-14(15(19)21-3)18-16(20)22-10-12-7-5-4-6-8-12/h4-9,13H,10-11H2,1-3H3,(H,18,20)/b14-9+/t13-/m1/s1. The lowest BCUT2D eigenvalue weighted by atomic mass is 10.2. The summed E-state index contributed by atoms with van der Waals surface area (Å²) in [5.41, 5.74) is 0.785. The van der Waals surface area contributed by atoms with Crippen molar-refractivity contribution in [3.8, 4) is 0 Å². The Balaban J connectivity index is 1.95. The van der Waals surface area contributed by atoms with E-state index in [2.05, 4.69) is 10.1 Å². The van der Waals surface area contributed by atoms with E-state index in [0.29, 0.717) is 0 Å². The number of hydrogen-bond donors (Lipinski definition) is 1. The molecule has 1 aromatic rings. The molecule has 1 fully saturated rings. The van der Waals surface area contributed by atoms with Crippen LogP contribution in [0.1, 0.15) is 19.4 Å². The third-order valence-corrected chi connectivity index (χ3v) is 3.24. The zero-order valence-corrected chi connectivity index (χ0v) is 13.9. The number of methoxy groups -OCH3 is 1. The highest BCUT2D eigenvalue weighted by Gasteiger charge is 2.32. The maximum atomic E-state index is 11.9. The lowest BCUT2D eigenvalue weighted by Crippen LogP contribution is -2.30. The number of hydrogen-bond acceptors (Lipinski definition) is 6. The van der Waals surface area contributed by atoms with Crippen molar-refractivity contribution in [2.45, 2.75) is 32.3 Å². The third kappa shape index (κ3) is 5.36. The van der Waals surface area contributed by atoms with Crippen molar-refractivity contribution in [3.63, 3.8) is 0 Å². The molecule has 1 amide bonds. The van der Waals surface area contributed by atoms with E-state index in [9.17, 15) is 9.59 Å². The van der Waals surface area contributed by atoms with Crippen molar-refractivity contribution in [2.75, 3.05) is 13.7 Å². The summed E-state index contributed by atoms with van der Waals surface area (Å²) in [6.07, 6.45) is 0.224.